The van der Waals surface area contributed by atoms with Gasteiger partial charge in [0.15, 0.2) is 11.5 Å². The highest BCUT2D eigenvalue weighted by molar-refractivity contribution is 7.19. The van der Waals surface area contributed by atoms with Crippen molar-refractivity contribution < 1.29 is 14.6 Å². The van der Waals surface area contributed by atoms with Crippen LogP contribution in [0.4, 0.5) is 0 Å². The first kappa shape index (κ1) is 15.1. The number of aromatic hydroxyl groups is 1. The number of hydrogen-bond acceptors (Lipinski definition) is 5. The first-order valence-corrected chi connectivity index (χ1v) is 7.64. The number of benzene rings is 2. The van der Waals surface area contributed by atoms with E-state index in [0.717, 1.165) is 20.8 Å². The molecule has 1 aromatic heterocycles. The number of aromatic nitrogens is 1. The molecule has 2 aromatic carbocycles. The Morgan fingerprint density at radius 2 is 2.09 bits per heavy atom. The summed E-state index contributed by atoms with van der Waals surface area (Å²) in [6.45, 7) is 0. The molecule has 6 heteroatoms. The molecular formula is C17H14N2O3S. The van der Waals surface area contributed by atoms with Crippen LogP contribution in [0, 0.1) is 0 Å². The first-order chi connectivity index (χ1) is 11.1. The Kier molecular flexibility index (Phi) is 3.99. The number of fused-ring (bicyclic) bond motifs is 1. The topological polar surface area (TPSA) is 85.4 Å². The Hall–Kier alpha value is -2.86. The number of nitrogens with two attached hydrogens (primary N) is 1. The molecule has 3 N–H and O–H groups in total. The third-order valence-electron chi connectivity index (χ3n) is 3.31. The van der Waals surface area contributed by atoms with E-state index in [1.165, 1.54) is 18.4 Å². The highest BCUT2D eigenvalue weighted by Crippen LogP contribution is 2.28. The van der Waals surface area contributed by atoms with Gasteiger partial charge in [-0.15, -0.1) is 11.3 Å². The van der Waals surface area contributed by atoms with Gasteiger partial charge in [-0.1, -0.05) is 12.1 Å². The van der Waals surface area contributed by atoms with E-state index in [1.54, 1.807) is 30.3 Å². The molecule has 0 atom stereocenters. The van der Waals surface area contributed by atoms with Gasteiger partial charge in [0.2, 0.25) is 5.91 Å². The maximum atomic E-state index is 11.2. The molecule has 0 aliphatic heterocycles. The van der Waals surface area contributed by atoms with Crippen LogP contribution in [0.3, 0.4) is 0 Å². The Morgan fingerprint density at radius 3 is 2.78 bits per heavy atom. The second-order valence-corrected chi connectivity index (χ2v) is 5.93. The van der Waals surface area contributed by atoms with Gasteiger partial charge in [-0.2, -0.15) is 0 Å². The van der Waals surface area contributed by atoms with Crippen LogP contribution >= 0.6 is 11.3 Å². The number of thiazole rings is 1. The standard InChI is InChI=1S/C17H14N2O3S/c1-22-14-6-2-10(8-13(14)20)3-7-16-19-12-5-4-11(17(18)21)9-15(12)23-16/h2-9,20H,1H3,(H2,18,21). The lowest BCUT2D eigenvalue weighted by molar-refractivity contribution is 0.100. The lowest BCUT2D eigenvalue weighted by atomic mass is 10.2. The number of amides is 1. The quantitative estimate of drug-likeness (QED) is 0.770. The SMILES string of the molecule is COc1ccc(C=Cc2nc3ccc(C(N)=O)cc3s2)cc1O. The number of carbonyl (C=O) groups is 1. The van der Waals surface area contributed by atoms with Gasteiger partial charge in [0.1, 0.15) is 5.01 Å². The number of nitrogens with zero attached hydrogens (tertiary/aromatic N) is 1. The fourth-order valence-electron chi connectivity index (χ4n) is 2.15. The van der Waals surface area contributed by atoms with Crippen molar-refractivity contribution in [2.75, 3.05) is 7.11 Å². The maximum absolute atomic E-state index is 11.2. The van der Waals surface area contributed by atoms with Gasteiger partial charge in [-0.3, -0.25) is 4.79 Å². The van der Waals surface area contributed by atoms with E-state index in [1.807, 2.05) is 18.2 Å². The van der Waals surface area contributed by atoms with Crippen molar-refractivity contribution in [1.29, 1.82) is 0 Å². The van der Waals surface area contributed by atoms with Crippen LogP contribution in [0.5, 0.6) is 11.5 Å². The number of carbonyl (C=O) groups excluding carboxylic acids is 1. The molecule has 0 fully saturated rings. The fraction of sp³-hybridized carbons (Fsp3) is 0.0588. The van der Waals surface area contributed by atoms with Crippen molar-refractivity contribution in [1.82, 2.24) is 4.98 Å². The number of hydrogen-bond donors (Lipinski definition) is 2. The monoisotopic (exact) mass is 326 g/mol. The molecule has 0 aliphatic carbocycles. The molecule has 3 rings (SSSR count). The molecular weight excluding hydrogens is 312 g/mol. The Labute approximate surface area is 136 Å². The van der Waals surface area contributed by atoms with Crippen molar-refractivity contribution in [3.63, 3.8) is 0 Å². The molecule has 23 heavy (non-hydrogen) atoms. The second-order valence-electron chi connectivity index (χ2n) is 4.86. The molecule has 5 nitrogen and oxygen atoms in total. The average molecular weight is 326 g/mol. The number of phenolic OH excluding ortho intramolecular Hbond substituents is 1. The lowest BCUT2D eigenvalue weighted by Crippen LogP contribution is -2.10. The summed E-state index contributed by atoms with van der Waals surface area (Å²) in [5, 5.41) is 10.6. The van der Waals surface area contributed by atoms with Crippen LogP contribution in [-0.2, 0) is 0 Å². The van der Waals surface area contributed by atoms with E-state index in [2.05, 4.69) is 4.98 Å². The summed E-state index contributed by atoms with van der Waals surface area (Å²) in [5.74, 6) is 0.0669. The molecule has 3 aromatic rings. The summed E-state index contributed by atoms with van der Waals surface area (Å²) >= 11 is 1.47. The number of ether oxygens (including phenoxy) is 1. The number of rotatable bonds is 4. The summed E-state index contributed by atoms with van der Waals surface area (Å²) in [4.78, 5) is 15.7. The van der Waals surface area contributed by atoms with E-state index in [-0.39, 0.29) is 5.75 Å². The summed E-state index contributed by atoms with van der Waals surface area (Å²) in [6.07, 6.45) is 3.71. The maximum Gasteiger partial charge on any atom is 0.248 e. The van der Waals surface area contributed by atoms with Crippen molar-refractivity contribution in [3.05, 3.63) is 52.5 Å². The molecule has 0 bridgehead atoms. The second kappa shape index (κ2) is 6.10. The minimum atomic E-state index is -0.453. The summed E-state index contributed by atoms with van der Waals surface area (Å²) in [7, 11) is 1.51. The zero-order chi connectivity index (χ0) is 16.4. The van der Waals surface area contributed by atoms with Crippen LogP contribution in [0.25, 0.3) is 22.4 Å². The van der Waals surface area contributed by atoms with E-state index >= 15 is 0 Å². The predicted molar refractivity (Wildman–Crippen MR) is 91.7 cm³/mol. The molecule has 0 saturated carbocycles. The van der Waals surface area contributed by atoms with Gasteiger partial charge >= 0.3 is 0 Å². The van der Waals surface area contributed by atoms with Gasteiger partial charge in [-0.05, 0) is 42.0 Å². The summed E-state index contributed by atoms with van der Waals surface area (Å²) < 4.78 is 5.91. The fourth-order valence-corrected chi connectivity index (χ4v) is 3.05. The van der Waals surface area contributed by atoms with Gasteiger partial charge in [-0.25, -0.2) is 4.98 Å². The lowest BCUT2D eigenvalue weighted by Gasteiger charge is -2.02. The number of methoxy groups -OCH3 is 1. The molecule has 0 spiro atoms. The van der Waals surface area contributed by atoms with E-state index in [0.29, 0.717) is 11.3 Å². The van der Waals surface area contributed by atoms with Crippen molar-refractivity contribution in [2.24, 2.45) is 5.73 Å². The van der Waals surface area contributed by atoms with Crippen molar-refractivity contribution in [2.45, 2.75) is 0 Å². The van der Waals surface area contributed by atoms with E-state index in [4.69, 9.17) is 10.5 Å². The van der Waals surface area contributed by atoms with Gasteiger partial charge in [0.05, 0.1) is 17.3 Å². The largest absolute Gasteiger partial charge is 0.504 e. The van der Waals surface area contributed by atoms with Crippen molar-refractivity contribution >= 4 is 39.6 Å². The van der Waals surface area contributed by atoms with E-state index < -0.39 is 5.91 Å². The van der Waals surface area contributed by atoms with Gasteiger partial charge in [0.25, 0.3) is 0 Å². The first-order valence-electron chi connectivity index (χ1n) is 6.82. The third-order valence-corrected chi connectivity index (χ3v) is 4.29. The van der Waals surface area contributed by atoms with Gasteiger partial charge < -0.3 is 15.6 Å². The zero-order valence-corrected chi connectivity index (χ0v) is 13.1. The van der Waals surface area contributed by atoms with Crippen LogP contribution in [0.15, 0.2) is 36.4 Å². The summed E-state index contributed by atoms with van der Waals surface area (Å²) in [5.41, 5.74) is 7.40. The predicted octanol–water partition coefficient (Wildman–Crippen LogP) is 3.28. The molecule has 0 saturated heterocycles. The minimum Gasteiger partial charge on any atom is -0.504 e. The molecule has 116 valence electrons. The van der Waals surface area contributed by atoms with Crippen LogP contribution < -0.4 is 10.5 Å². The van der Waals surface area contributed by atoms with Gasteiger partial charge in [0, 0.05) is 5.56 Å². The number of primary amides is 1. The molecule has 1 heterocycles. The van der Waals surface area contributed by atoms with Crippen LogP contribution in [0.1, 0.15) is 20.9 Å². The Balaban J connectivity index is 1.88. The smallest absolute Gasteiger partial charge is 0.248 e. The molecule has 1 amide bonds. The highest BCUT2D eigenvalue weighted by atomic mass is 32.1. The number of phenols is 1. The molecule has 0 unspecified atom stereocenters. The van der Waals surface area contributed by atoms with Crippen LogP contribution in [0.2, 0.25) is 0 Å². The zero-order valence-electron chi connectivity index (χ0n) is 12.3. The average Bonchev–Trinajstić information content (AvgIpc) is 2.95. The molecule has 0 radical (unpaired) electrons. The normalized spacial score (nSPS) is 11.2. The minimum absolute atomic E-state index is 0.0880. The Bertz CT molecular complexity index is 915. The van der Waals surface area contributed by atoms with E-state index in [9.17, 15) is 9.90 Å². The van der Waals surface area contributed by atoms with Crippen molar-refractivity contribution in [3.8, 4) is 11.5 Å². The highest BCUT2D eigenvalue weighted by Gasteiger charge is 2.06. The Morgan fingerprint density at radius 1 is 1.26 bits per heavy atom. The van der Waals surface area contributed by atoms with Crippen LogP contribution in [-0.4, -0.2) is 23.1 Å². The summed E-state index contributed by atoms with van der Waals surface area (Å²) in [6, 6.07) is 10.3. The molecule has 0 aliphatic rings. The third kappa shape index (κ3) is 3.17.